The lowest BCUT2D eigenvalue weighted by atomic mass is 9.71. The molecule has 0 heterocycles. The molecule has 2 aliphatic carbocycles. The molecule has 2 rings (SSSR count). The largest absolute Gasteiger partial charge is 0.384 e. The molecule has 0 bridgehead atoms. The summed E-state index contributed by atoms with van der Waals surface area (Å²) in [5, 5.41) is 22.2. The summed E-state index contributed by atoms with van der Waals surface area (Å²) < 4.78 is 0. The maximum atomic E-state index is 11.1. The molecule has 0 aromatic rings. The van der Waals surface area contributed by atoms with Crippen LogP contribution < -0.4 is 0 Å². The van der Waals surface area contributed by atoms with Crippen molar-refractivity contribution in [2.45, 2.75) is 123 Å². The highest BCUT2D eigenvalue weighted by atomic mass is 16.3. The Morgan fingerprint density at radius 2 is 0.635 bits per heavy atom. The Labute approximate surface area is 319 Å². The Bertz CT molecular complexity index is 1530. The van der Waals surface area contributed by atoms with E-state index in [0.29, 0.717) is 0 Å². The Morgan fingerprint density at radius 1 is 0.404 bits per heavy atom. The minimum atomic E-state index is -0.541. The fourth-order valence-electron chi connectivity index (χ4n) is 5.95. The number of aliphatic hydroxyl groups excluding tert-OH is 2. The van der Waals surface area contributed by atoms with E-state index in [4.69, 9.17) is 0 Å². The summed E-state index contributed by atoms with van der Waals surface area (Å²) in [5.74, 6) is 0. The van der Waals surface area contributed by atoms with Gasteiger partial charge in [-0.3, -0.25) is 0 Å². The first kappa shape index (κ1) is 44.4. The molecule has 282 valence electrons. The molecule has 52 heavy (non-hydrogen) atoms. The first-order chi connectivity index (χ1) is 23.8. The molecule has 0 unspecified atom stereocenters. The molecule has 0 aromatic heterocycles. The molecule has 0 amide bonds. The second-order valence-electron chi connectivity index (χ2n) is 18.6. The molecule has 0 atom stereocenters. The van der Waals surface area contributed by atoms with Crippen molar-refractivity contribution in [3.63, 3.8) is 0 Å². The van der Waals surface area contributed by atoms with Crippen LogP contribution in [0.4, 0.5) is 0 Å². The van der Waals surface area contributed by atoms with Crippen LogP contribution in [-0.4, -0.2) is 22.4 Å². The lowest BCUT2D eigenvalue weighted by Crippen LogP contribution is -2.31. The van der Waals surface area contributed by atoms with Gasteiger partial charge in [-0.05, 0) is 82.8 Å². The lowest BCUT2D eigenvalue weighted by molar-refractivity contribution is 0.191. The maximum absolute atomic E-state index is 11.1. The number of hydrogen-bond donors (Lipinski definition) is 2. The van der Waals surface area contributed by atoms with E-state index >= 15 is 0 Å². The van der Waals surface area contributed by atoms with Gasteiger partial charge in [0.15, 0.2) is 0 Å². The second-order valence-corrected chi connectivity index (χ2v) is 18.6. The van der Waals surface area contributed by atoms with Crippen molar-refractivity contribution in [2.24, 2.45) is 21.7 Å². The average molecular weight is 703 g/mol. The highest BCUT2D eigenvalue weighted by Gasteiger charge is 2.35. The van der Waals surface area contributed by atoms with Crippen LogP contribution in [0.3, 0.4) is 0 Å². The standard InChI is InChI=1S/C50H70O2/c1-35(23-19-25-37(3)27-29-39-31-41(47(5,6)7)45(51)42(32-39)48(8,9)10)21-17-18-22-36(2)24-20-26-38(4)28-30-40-33-43(49(11,12)13)46(52)44(34-40)50(14,15)16/h17-34,45-46,51-52H,1-16H3/b21-17+,22-18+,25-19+,26-20+,35-23+,36-24+,37-27+,38-28+,39-29?,40-30?. The summed E-state index contributed by atoms with van der Waals surface area (Å²) in [5.41, 5.74) is 10.7. The van der Waals surface area contributed by atoms with Gasteiger partial charge in [-0.15, -0.1) is 0 Å². The van der Waals surface area contributed by atoms with Crippen LogP contribution in [0, 0.1) is 21.7 Å². The zero-order chi connectivity index (χ0) is 39.7. The van der Waals surface area contributed by atoms with E-state index in [1.807, 2.05) is 0 Å². The molecule has 0 aromatic carbocycles. The van der Waals surface area contributed by atoms with E-state index in [-0.39, 0.29) is 21.7 Å². The van der Waals surface area contributed by atoms with Gasteiger partial charge in [0.2, 0.25) is 0 Å². The minimum Gasteiger partial charge on any atom is -0.384 e. The summed E-state index contributed by atoms with van der Waals surface area (Å²) >= 11 is 0. The first-order valence-electron chi connectivity index (χ1n) is 18.9. The van der Waals surface area contributed by atoms with E-state index < -0.39 is 12.2 Å². The summed E-state index contributed by atoms with van der Waals surface area (Å²) in [7, 11) is 0. The van der Waals surface area contributed by atoms with Gasteiger partial charge in [-0.2, -0.15) is 0 Å². The third-order valence-corrected chi connectivity index (χ3v) is 9.27. The molecular weight excluding hydrogens is 633 g/mol. The third-order valence-electron chi connectivity index (χ3n) is 9.27. The molecule has 2 heteroatoms. The first-order valence-corrected chi connectivity index (χ1v) is 18.9. The Hall–Kier alpha value is -3.72. The number of aliphatic hydroxyl groups is 2. The van der Waals surface area contributed by atoms with Crippen molar-refractivity contribution >= 4 is 0 Å². The average Bonchev–Trinajstić information content (AvgIpc) is 2.99. The Balaban J connectivity index is 2.06. The molecule has 0 spiro atoms. The fourth-order valence-corrected chi connectivity index (χ4v) is 5.95. The zero-order valence-corrected chi connectivity index (χ0v) is 35.4. The van der Waals surface area contributed by atoms with E-state index in [0.717, 1.165) is 44.6 Å². The van der Waals surface area contributed by atoms with Gasteiger partial charge in [-0.1, -0.05) is 215 Å². The van der Waals surface area contributed by atoms with Crippen LogP contribution in [0.1, 0.15) is 111 Å². The minimum absolute atomic E-state index is 0.110. The van der Waals surface area contributed by atoms with Gasteiger partial charge in [0.1, 0.15) is 0 Å². The molecule has 0 radical (unpaired) electrons. The number of rotatable bonds is 9. The second kappa shape index (κ2) is 18.4. The third kappa shape index (κ3) is 14.4. The van der Waals surface area contributed by atoms with Crippen LogP contribution in [0.5, 0.6) is 0 Å². The van der Waals surface area contributed by atoms with Crippen molar-refractivity contribution in [1.29, 1.82) is 0 Å². The van der Waals surface area contributed by atoms with Crippen LogP contribution in [0.15, 0.2) is 165 Å². The van der Waals surface area contributed by atoms with E-state index in [9.17, 15) is 10.2 Å². The normalized spacial score (nSPS) is 21.0. The van der Waals surface area contributed by atoms with Crippen molar-refractivity contribution in [3.8, 4) is 0 Å². The molecule has 0 fully saturated rings. The topological polar surface area (TPSA) is 40.5 Å². The fraction of sp³-hybridized carbons (Fsp3) is 0.440. The monoisotopic (exact) mass is 703 g/mol. The van der Waals surface area contributed by atoms with Gasteiger partial charge in [-0.25, -0.2) is 0 Å². The van der Waals surface area contributed by atoms with Crippen molar-refractivity contribution < 1.29 is 10.2 Å². The van der Waals surface area contributed by atoms with E-state index in [2.05, 4.69) is 220 Å². The maximum Gasteiger partial charge on any atom is 0.0977 e. The zero-order valence-electron chi connectivity index (χ0n) is 35.4. The molecule has 0 saturated carbocycles. The van der Waals surface area contributed by atoms with Gasteiger partial charge in [0.25, 0.3) is 0 Å². The highest BCUT2D eigenvalue weighted by molar-refractivity contribution is 5.51. The molecular formula is C50H70O2. The predicted octanol–water partition coefficient (Wildman–Crippen LogP) is 13.5. The molecule has 0 saturated heterocycles. The quantitative estimate of drug-likeness (QED) is 0.235. The molecule has 2 nitrogen and oxygen atoms in total. The Morgan fingerprint density at radius 3 is 0.885 bits per heavy atom. The number of allylic oxidation sites excluding steroid dienone is 24. The van der Waals surface area contributed by atoms with Crippen molar-refractivity contribution in [2.75, 3.05) is 0 Å². The summed E-state index contributed by atoms with van der Waals surface area (Å²) in [6.45, 7) is 34.4. The van der Waals surface area contributed by atoms with Crippen LogP contribution in [0.2, 0.25) is 0 Å². The molecule has 2 aliphatic rings. The van der Waals surface area contributed by atoms with Crippen molar-refractivity contribution in [1.82, 2.24) is 0 Å². The van der Waals surface area contributed by atoms with Gasteiger partial charge < -0.3 is 10.2 Å². The highest BCUT2D eigenvalue weighted by Crippen LogP contribution is 2.43. The van der Waals surface area contributed by atoms with Crippen LogP contribution >= 0.6 is 0 Å². The summed E-state index contributed by atoms with van der Waals surface area (Å²) in [6, 6.07) is 0. The van der Waals surface area contributed by atoms with E-state index in [1.54, 1.807) is 0 Å². The van der Waals surface area contributed by atoms with Gasteiger partial charge >= 0.3 is 0 Å². The van der Waals surface area contributed by atoms with Crippen LogP contribution in [0.25, 0.3) is 0 Å². The summed E-state index contributed by atoms with van der Waals surface area (Å²) in [6.07, 6.45) is 37.1. The number of hydrogen-bond acceptors (Lipinski definition) is 2. The molecule has 0 aliphatic heterocycles. The predicted molar refractivity (Wildman–Crippen MR) is 230 cm³/mol. The molecule has 2 N–H and O–H groups in total. The van der Waals surface area contributed by atoms with Gasteiger partial charge in [0.05, 0.1) is 12.2 Å². The van der Waals surface area contributed by atoms with Crippen LogP contribution in [-0.2, 0) is 0 Å². The lowest BCUT2D eigenvalue weighted by Gasteiger charge is -2.37. The summed E-state index contributed by atoms with van der Waals surface area (Å²) in [4.78, 5) is 0. The van der Waals surface area contributed by atoms with E-state index in [1.165, 1.54) is 11.1 Å². The SMILES string of the molecule is CC(/C=C/C=C(C)/C=C/C=C/C(C)=C/C=C/C(C)=C/C=C1C=C(C(C)(C)C)C(O)C(C(C)(C)C)=C1)=C\C=C1C=C(C(C)(C)C)C(O)C(C(C)(C)C)=C1. The van der Waals surface area contributed by atoms with Gasteiger partial charge in [0, 0.05) is 0 Å². The smallest absolute Gasteiger partial charge is 0.0977 e. The van der Waals surface area contributed by atoms with Crippen molar-refractivity contribution in [3.05, 3.63) is 165 Å². The Kier molecular flexibility index (Phi) is 15.7.